The molecule has 0 saturated heterocycles. The van der Waals surface area contributed by atoms with Crippen LogP contribution in [-0.2, 0) is 11.2 Å². The molecule has 5 nitrogen and oxygen atoms in total. The van der Waals surface area contributed by atoms with Crippen LogP contribution in [0.15, 0.2) is 24.3 Å². The van der Waals surface area contributed by atoms with Crippen LogP contribution in [0.3, 0.4) is 0 Å². The molecule has 1 rings (SSSR count). The fraction of sp³-hybridized carbons (Fsp3) is 0.533. The summed E-state index contributed by atoms with van der Waals surface area (Å²) in [5.41, 5.74) is 6.72. The summed E-state index contributed by atoms with van der Waals surface area (Å²) in [6, 6.07) is 6.14. The van der Waals surface area contributed by atoms with Crippen molar-refractivity contribution in [1.29, 1.82) is 0 Å². The van der Waals surface area contributed by atoms with Gasteiger partial charge in [-0.25, -0.2) is 0 Å². The molecule has 1 atom stereocenters. The SMILES string of the molecule is CN(C)C(C)(C)CNC(=O)C(N)Cc1ccc(O)cc1. The summed E-state index contributed by atoms with van der Waals surface area (Å²) < 4.78 is 0. The molecular weight excluding hydrogens is 254 g/mol. The van der Waals surface area contributed by atoms with Crippen molar-refractivity contribution in [2.45, 2.75) is 31.8 Å². The molecular formula is C15H25N3O2. The number of rotatable bonds is 6. The minimum absolute atomic E-state index is 0.117. The molecule has 0 aliphatic rings. The van der Waals surface area contributed by atoms with Crippen LogP contribution >= 0.6 is 0 Å². The lowest BCUT2D eigenvalue weighted by molar-refractivity contribution is -0.122. The van der Waals surface area contributed by atoms with Gasteiger partial charge in [0, 0.05) is 12.1 Å². The van der Waals surface area contributed by atoms with Crippen LogP contribution in [0.1, 0.15) is 19.4 Å². The zero-order valence-electron chi connectivity index (χ0n) is 12.7. The average molecular weight is 279 g/mol. The van der Waals surface area contributed by atoms with Crippen molar-refractivity contribution in [3.8, 4) is 5.75 Å². The fourth-order valence-electron chi connectivity index (χ4n) is 1.57. The molecule has 1 aromatic rings. The predicted octanol–water partition coefficient (Wildman–Crippen LogP) is 0.718. The van der Waals surface area contributed by atoms with Gasteiger partial charge in [-0.15, -0.1) is 0 Å². The summed E-state index contributed by atoms with van der Waals surface area (Å²) in [5.74, 6) is 0.0486. The van der Waals surface area contributed by atoms with Crippen molar-refractivity contribution in [2.24, 2.45) is 5.73 Å². The van der Waals surface area contributed by atoms with Crippen molar-refractivity contribution in [1.82, 2.24) is 10.2 Å². The number of likely N-dealkylation sites (N-methyl/N-ethyl adjacent to an activating group) is 1. The number of carbonyl (C=O) groups excluding carboxylic acids is 1. The Bertz CT molecular complexity index is 441. The third-order valence-corrected chi connectivity index (χ3v) is 3.63. The Hall–Kier alpha value is -1.59. The lowest BCUT2D eigenvalue weighted by atomic mass is 10.0. The number of amides is 1. The molecule has 0 spiro atoms. The molecule has 0 saturated carbocycles. The number of phenolic OH excluding ortho intramolecular Hbond substituents is 1. The molecule has 20 heavy (non-hydrogen) atoms. The fourth-order valence-corrected chi connectivity index (χ4v) is 1.57. The lowest BCUT2D eigenvalue weighted by Gasteiger charge is -2.33. The molecule has 0 fully saturated rings. The summed E-state index contributed by atoms with van der Waals surface area (Å²) in [4.78, 5) is 14.0. The number of nitrogens with two attached hydrogens (primary N) is 1. The van der Waals surface area contributed by atoms with Gasteiger partial charge in [-0.3, -0.25) is 4.79 Å². The van der Waals surface area contributed by atoms with Gasteiger partial charge < -0.3 is 21.1 Å². The number of nitrogens with one attached hydrogen (secondary N) is 1. The smallest absolute Gasteiger partial charge is 0.237 e. The Kier molecular flexibility index (Phi) is 5.53. The van der Waals surface area contributed by atoms with Crippen molar-refractivity contribution in [3.05, 3.63) is 29.8 Å². The maximum absolute atomic E-state index is 12.0. The van der Waals surface area contributed by atoms with Gasteiger partial charge in [-0.2, -0.15) is 0 Å². The maximum atomic E-state index is 12.0. The van der Waals surface area contributed by atoms with E-state index < -0.39 is 6.04 Å². The minimum Gasteiger partial charge on any atom is -0.508 e. The standard InChI is InChI=1S/C15H25N3O2/c1-15(2,18(3)4)10-17-14(20)13(16)9-11-5-7-12(19)8-6-11/h5-8,13,19H,9-10,16H2,1-4H3,(H,17,20). The highest BCUT2D eigenvalue weighted by Crippen LogP contribution is 2.11. The zero-order valence-corrected chi connectivity index (χ0v) is 12.7. The lowest BCUT2D eigenvalue weighted by Crippen LogP contribution is -2.51. The Morgan fingerprint density at radius 1 is 1.35 bits per heavy atom. The molecule has 0 aromatic heterocycles. The zero-order chi connectivity index (χ0) is 15.3. The number of aromatic hydroxyl groups is 1. The molecule has 4 N–H and O–H groups in total. The topological polar surface area (TPSA) is 78.6 Å². The average Bonchev–Trinajstić information content (AvgIpc) is 2.38. The highest BCUT2D eigenvalue weighted by Gasteiger charge is 2.22. The third kappa shape index (κ3) is 4.83. The molecule has 112 valence electrons. The normalized spacial score (nSPS) is 13.3. The largest absolute Gasteiger partial charge is 0.508 e. The minimum atomic E-state index is -0.586. The van der Waals surface area contributed by atoms with E-state index in [0.717, 1.165) is 5.56 Å². The Labute approximate surface area is 120 Å². The quantitative estimate of drug-likeness (QED) is 0.717. The first kappa shape index (κ1) is 16.5. The Morgan fingerprint density at radius 2 is 1.90 bits per heavy atom. The van der Waals surface area contributed by atoms with Gasteiger partial charge in [0.1, 0.15) is 5.75 Å². The third-order valence-electron chi connectivity index (χ3n) is 3.63. The van der Waals surface area contributed by atoms with Gasteiger partial charge >= 0.3 is 0 Å². The van der Waals surface area contributed by atoms with E-state index in [1.54, 1.807) is 24.3 Å². The van der Waals surface area contributed by atoms with E-state index in [-0.39, 0.29) is 17.2 Å². The van der Waals surface area contributed by atoms with Gasteiger partial charge in [0.15, 0.2) is 0 Å². The summed E-state index contributed by atoms with van der Waals surface area (Å²) in [7, 11) is 3.95. The van der Waals surface area contributed by atoms with Crippen LogP contribution in [0.5, 0.6) is 5.75 Å². The van der Waals surface area contributed by atoms with Crippen LogP contribution in [-0.4, -0.2) is 48.1 Å². The molecule has 1 unspecified atom stereocenters. The molecule has 1 aromatic carbocycles. The second-order valence-electron chi connectivity index (χ2n) is 5.90. The van der Waals surface area contributed by atoms with E-state index >= 15 is 0 Å². The highest BCUT2D eigenvalue weighted by molar-refractivity contribution is 5.81. The highest BCUT2D eigenvalue weighted by atomic mass is 16.3. The summed E-state index contributed by atoms with van der Waals surface area (Å²) in [6.45, 7) is 4.65. The molecule has 0 aliphatic carbocycles. The second-order valence-corrected chi connectivity index (χ2v) is 5.90. The second kappa shape index (κ2) is 6.72. The van der Waals surface area contributed by atoms with Crippen LogP contribution in [0, 0.1) is 0 Å². The number of hydrogen-bond acceptors (Lipinski definition) is 4. The van der Waals surface area contributed by atoms with Crippen molar-refractivity contribution < 1.29 is 9.90 Å². The maximum Gasteiger partial charge on any atom is 0.237 e. The van der Waals surface area contributed by atoms with Crippen LogP contribution < -0.4 is 11.1 Å². The van der Waals surface area contributed by atoms with Crippen LogP contribution in [0.4, 0.5) is 0 Å². The number of nitrogens with zero attached hydrogens (tertiary/aromatic N) is 1. The van der Waals surface area contributed by atoms with E-state index in [1.165, 1.54) is 0 Å². The molecule has 1 amide bonds. The summed E-state index contributed by atoms with van der Waals surface area (Å²) in [5, 5.41) is 12.1. The number of benzene rings is 1. The first-order valence-corrected chi connectivity index (χ1v) is 6.71. The van der Waals surface area contributed by atoms with Crippen LogP contribution in [0.25, 0.3) is 0 Å². The van der Waals surface area contributed by atoms with E-state index in [1.807, 2.05) is 14.1 Å². The molecule has 0 bridgehead atoms. The number of carbonyl (C=O) groups is 1. The van der Waals surface area contributed by atoms with Crippen molar-refractivity contribution in [3.63, 3.8) is 0 Å². The van der Waals surface area contributed by atoms with Gasteiger partial charge in [-0.1, -0.05) is 12.1 Å². The predicted molar refractivity (Wildman–Crippen MR) is 80.6 cm³/mol. The number of hydrogen-bond donors (Lipinski definition) is 3. The summed E-state index contributed by atoms with van der Waals surface area (Å²) in [6.07, 6.45) is 0.453. The molecule has 0 radical (unpaired) electrons. The first-order valence-electron chi connectivity index (χ1n) is 6.71. The monoisotopic (exact) mass is 279 g/mol. The van der Waals surface area contributed by atoms with Crippen LogP contribution in [0.2, 0.25) is 0 Å². The van der Waals surface area contributed by atoms with Gasteiger partial charge in [0.05, 0.1) is 6.04 Å². The van der Waals surface area contributed by atoms with Gasteiger partial charge in [0.25, 0.3) is 0 Å². The van der Waals surface area contributed by atoms with E-state index in [0.29, 0.717) is 13.0 Å². The van der Waals surface area contributed by atoms with Crippen molar-refractivity contribution >= 4 is 5.91 Å². The van der Waals surface area contributed by atoms with E-state index in [9.17, 15) is 9.90 Å². The van der Waals surface area contributed by atoms with Gasteiger partial charge in [0.2, 0.25) is 5.91 Å². The van der Waals surface area contributed by atoms with Gasteiger partial charge in [-0.05, 0) is 52.1 Å². The Morgan fingerprint density at radius 3 is 2.40 bits per heavy atom. The summed E-state index contributed by atoms with van der Waals surface area (Å²) >= 11 is 0. The number of phenols is 1. The molecule has 0 heterocycles. The first-order chi connectivity index (χ1) is 9.22. The van der Waals surface area contributed by atoms with E-state index in [4.69, 9.17) is 5.73 Å². The molecule has 5 heteroatoms. The molecule has 0 aliphatic heterocycles. The van der Waals surface area contributed by atoms with Crippen molar-refractivity contribution in [2.75, 3.05) is 20.6 Å². The van der Waals surface area contributed by atoms with E-state index in [2.05, 4.69) is 24.1 Å². The Balaban J connectivity index is 2.49.